The number of carbonyl (C=O) groups excluding carboxylic acids is 2. The molecule has 2 N–H and O–H groups in total. The maximum absolute atomic E-state index is 12.2. The summed E-state index contributed by atoms with van der Waals surface area (Å²) in [5.74, 6) is 1.19. The summed E-state index contributed by atoms with van der Waals surface area (Å²) in [5.41, 5.74) is 2.28. The molecule has 1 fully saturated rings. The molecule has 2 amide bonds. The van der Waals surface area contributed by atoms with Gasteiger partial charge in [-0.1, -0.05) is 30.2 Å². The van der Waals surface area contributed by atoms with E-state index in [0.717, 1.165) is 25.1 Å². The molecule has 0 spiro atoms. The lowest BCUT2D eigenvalue weighted by Gasteiger charge is -2.34. The predicted molar refractivity (Wildman–Crippen MR) is 103 cm³/mol. The van der Waals surface area contributed by atoms with Crippen LogP contribution in [0.5, 0.6) is 0 Å². The number of nitrogens with one attached hydrogen (secondary N) is 2. The van der Waals surface area contributed by atoms with Crippen LogP contribution in [-0.2, 0) is 9.59 Å². The Labute approximate surface area is 153 Å². The summed E-state index contributed by atoms with van der Waals surface area (Å²) >= 11 is 0. The fourth-order valence-electron chi connectivity index (χ4n) is 3.09. The number of hydrogen-bond acceptors (Lipinski definition) is 3. The van der Waals surface area contributed by atoms with Gasteiger partial charge in [0.1, 0.15) is 0 Å². The Morgan fingerprint density at radius 3 is 2.65 bits per heavy atom. The number of nitrogens with zero attached hydrogens (tertiary/aromatic N) is 1. The average Bonchev–Trinajstić information content (AvgIpc) is 2.69. The van der Waals surface area contributed by atoms with Crippen molar-refractivity contribution in [2.75, 3.05) is 23.3 Å². The smallest absolute Gasteiger partial charge is 0.313 e. The van der Waals surface area contributed by atoms with Gasteiger partial charge < -0.3 is 15.5 Å². The number of amides is 2. The van der Waals surface area contributed by atoms with E-state index in [-0.39, 0.29) is 6.04 Å². The van der Waals surface area contributed by atoms with Crippen LogP contribution < -0.4 is 15.5 Å². The van der Waals surface area contributed by atoms with Crippen LogP contribution >= 0.6 is 0 Å². The fourth-order valence-corrected chi connectivity index (χ4v) is 3.09. The van der Waals surface area contributed by atoms with Crippen LogP contribution in [0.3, 0.4) is 0 Å². The molecule has 5 heteroatoms. The van der Waals surface area contributed by atoms with Crippen LogP contribution in [0.15, 0.2) is 54.6 Å². The zero-order valence-corrected chi connectivity index (χ0v) is 14.4. The second-order valence-corrected chi connectivity index (χ2v) is 6.27. The lowest BCUT2D eigenvalue weighted by Crippen LogP contribution is -2.50. The molecular formula is C21H21N3O2. The molecule has 0 bridgehead atoms. The van der Waals surface area contributed by atoms with Crippen LogP contribution in [0, 0.1) is 12.3 Å². The van der Waals surface area contributed by atoms with Crippen molar-refractivity contribution in [1.29, 1.82) is 0 Å². The minimum Gasteiger partial charge on any atom is -0.369 e. The largest absolute Gasteiger partial charge is 0.369 e. The number of rotatable bonds is 3. The van der Waals surface area contributed by atoms with Gasteiger partial charge in [-0.2, -0.15) is 0 Å². The van der Waals surface area contributed by atoms with Crippen LogP contribution in [0.2, 0.25) is 0 Å². The second kappa shape index (κ2) is 8.21. The Bertz CT molecular complexity index is 827. The van der Waals surface area contributed by atoms with Crippen LogP contribution in [0.4, 0.5) is 11.4 Å². The highest BCUT2D eigenvalue weighted by Crippen LogP contribution is 2.19. The van der Waals surface area contributed by atoms with E-state index in [1.165, 1.54) is 0 Å². The van der Waals surface area contributed by atoms with Gasteiger partial charge in [-0.3, -0.25) is 9.59 Å². The van der Waals surface area contributed by atoms with Gasteiger partial charge in [0.25, 0.3) is 0 Å². The summed E-state index contributed by atoms with van der Waals surface area (Å²) in [7, 11) is 0. The van der Waals surface area contributed by atoms with Gasteiger partial charge >= 0.3 is 11.8 Å². The average molecular weight is 347 g/mol. The van der Waals surface area contributed by atoms with E-state index >= 15 is 0 Å². The Balaban J connectivity index is 1.56. The lowest BCUT2D eigenvalue weighted by atomic mass is 10.0. The third-order valence-corrected chi connectivity index (χ3v) is 4.37. The highest BCUT2D eigenvalue weighted by atomic mass is 16.2. The normalized spacial score (nSPS) is 16.4. The van der Waals surface area contributed by atoms with E-state index in [4.69, 9.17) is 6.42 Å². The first-order valence-corrected chi connectivity index (χ1v) is 8.64. The molecule has 3 rings (SSSR count). The van der Waals surface area contributed by atoms with Gasteiger partial charge in [0.05, 0.1) is 0 Å². The molecular weight excluding hydrogens is 326 g/mol. The predicted octanol–water partition coefficient (Wildman–Crippen LogP) is 2.39. The molecule has 5 nitrogen and oxygen atoms in total. The van der Waals surface area contributed by atoms with E-state index in [2.05, 4.69) is 33.6 Å². The molecule has 1 unspecified atom stereocenters. The van der Waals surface area contributed by atoms with Crippen molar-refractivity contribution in [3.05, 3.63) is 60.2 Å². The quantitative estimate of drug-likeness (QED) is 0.662. The summed E-state index contributed by atoms with van der Waals surface area (Å²) < 4.78 is 0. The lowest BCUT2D eigenvalue weighted by molar-refractivity contribution is -0.136. The molecule has 0 radical (unpaired) electrons. The van der Waals surface area contributed by atoms with Crippen molar-refractivity contribution in [1.82, 2.24) is 5.32 Å². The zero-order valence-electron chi connectivity index (χ0n) is 14.4. The van der Waals surface area contributed by atoms with Gasteiger partial charge in [0.2, 0.25) is 0 Å². The van der Waals surface area contributed by atoms with Crippen molar-refractivity contribution in [3.63, 3.8) is 0 Å². The van der Waals surface area contributed by atoms with E-state index < -0.39 is 11.8 Å². The van der Waals surface area contributed by atoms with Gasteiger partial charge in [-0.25, -0.2) is 0 Å². The Morgan fingerprint density at radius 1 is 1.08 bits per heavy atom. The second-order valence-electron chi connectivity index (χ2n) is 6.27. The molecule has 1 heterocycles. The Hall–Kier alpha value is -3.26. The van der Waals surface area contributed by atoms with E-state index in [9.17, 15) is 9.59 Å². The molecule has 1 aliphatic heterocycles. The molecule has 1 atom stereocenters. The number of benzene rings is 2. The maximum Gasteiger partial charge on any atom is 0.313 e. The number of para-hydroxylation sites is 1. The summed E-state index contributed by atoms with van der Waals surface area (Å²) in [6.45, 7) is 1.64. The molecule has 0 aromatic heterocycles. The van der Waals surface area contributed by atoms with Gasteiger partial charge in [-0.05, 0) is 43.2 Å². The number of piperidine rings is 1. The van der Waals surface area contributed by atoms with Crippen molar-refractivity contribution in [2.45, 2.75) is 18.9 Å². The summed E-state index contributed by atoms with van der Waals surface area (Å²) in [4.78, 5) is 26.6. The Kier molecular flexibility index (Phi) is 5.55. The van der Waals surface area contributed by atoms with E-state index in [0.29, 0.717) is 17.8 Å². The standard InChI is InChI=1S/C21H21N3O2/c1-2-16-8-6-9-17(14-16)22-20(25)21(26)23-18-10-7-13-24(15-18)19-11-4-3-5-12-19/h1,3-6,8-9,11-12,14,18H,7,10,13,15H2,(H,22,25)(H,23,26). The highest BCUT2D eigenvalue weighted by Gasteiger charge is 2.24. The monoisotopic (exact) mass is 347 g/mol. The summed E-state index contributed by atoms with van der Waals surface area (Å²) in [5, 5.41) is 5.42. The van der Waals surface area contributed by atoms with Crippen LogP contribution in [0.25, 0.3) is 0 Å². The number of terminal acetylenes is 1. The first-order valence-electron chi connectivity index (χ1n) is 8.64. The van der Waals surface area contributed by atoms with Crippen LogP contribution in [-0.4, -0.2) is 30.9 Å². The molecule has 2 aromatic rings. The third-order valence-electron chi connectivity index (χ3n) is 4.37. The molecule has 1 aliphatic rings. The first-order chi connectivity index (χ1) is 12.7. The number of hydrogen-bond donors (Lipinski definition) is 2. The van der Waals surface area contributed by atoms with Crippen molar-refractivity contribution < 1.29 is 9.59 Å². The minimum atomic E-state index is -0.684. The van der Waals surface area contributed by atoms with Crippen molar-refractivity contribution in [3.8, 4) is 12.3 Å². The van der Waals surface area contributed by atoms with Crippen LogP contribution in [0.1, 0.15) is 18.4 Å². The van der Waals surface area contributed by atoms with Crippen molar-refractivity contribution in [2.24, 2.45) is 0 Å². The van der Waals surface area contributed by atoms with Gasteiger partial charge in [0, 0.05) is 36.1 Å². The Morgan fingerprint density at radius 2 is 1.88 bits per heavy atom. The topological polar surface area (TPSA) is 61.4 Å². The summed E-state index contributed by atoms with van der Waals surface area (Å²) in [6.07, 6.45) is 7.17. The summed E-state index contributed by atoms with van der Waals surface area (Å²) in [6, 6.07) is 16.9. The van der Waals surface area contributed by atoms with Gasteiger partial charge in [0.15, 0.2) is 0 Å². The highest BCUT2D eigenvalue weighted by molar-refractivity contribution is 6.39. The molecule has 1 saturated heterocycles. The van der Waals surface area contributed by atoms with Gasteiger partial charge in [-0.15, -0.1) is 6.42 Å². The molecule has 0 aliphatic carbocycles. The minimum absolute atomic E-state index is 0.0563. The molecule has 132 valence electrons. The number of carbonyl (C=O) groups is 2. The SMILES string of the molecule is C#Cc1cccc(NC(=O)C(=O)NC2CCCN(c3ccccc3)C2)c1. The molecule has 0 saturated carbocycles. The van der Waals surface area contributed by atoms with E-state index in [1.54, 1.807) is 24.3 Å². The fraction of sp³-hybridized carbons (Fsp3) is 0.238. The maximum atomic E-state index is 12.2. The third kappa shape index (κ3) is 4.42. The molecule has 26 heavy (non-hydrogen) atoms. The molecule has 2 aromatic carbocycles. The zero-order chi connectivity index (χ0) is 18.4. The van der Waals surface area contributed by atoms with E-state index in [1.807, 2.05) is 18.2 Å². The first kappa shape index (κ1) is 17.6. The van der Waals surface area contributed by atoms with Crippen molar-refractivity contribution >= 4 is 23.2 Å². The number of anilines is 2.